The Kier molecular flexibility index (Phi) is 1.89. The van der Waals surface area contributed by atoms with Crippen molar-refractivity contribution in [3.05, 3.63) is 23.7 Å². The van der Waals surface area contributed by atoms with Gasteiger partial charge in [-0.15, -0.1) is 0 Å². The molecule has 4 heteroatoms. The van der Waals surface area contributed by atoms with Crippen LogP contribution in [0.1, 0.15) is 35.9 Å². The molecule has 0 radical (unpaired) electrons. The van der Waals surface area contributed by atoms with E-state index in [4.69, 9.17) is 9.52 Å². The minimum Gasteiger partial charge on any atom is -0.478 e. The highest BCUT2D eigenvalue weighted by atomic mass is 16.4. The Balaban J connectivity index is 2.39. The molecule has 1 heterocycles. The topological polar surface area (TPSA) is 70.7 Å². The molecule has 1 fully saturated rings. The fourth-order valence-electron chi connectivity index (χ4n) is 1.70. The lowest BCUT2D eigenvalue weighted by atomic mass is 9.94. The fraction of sp³-hybridized carbons (Fsp3) is 0.500. The second-order valence-corrected chi connectivity index (χ2v) is 3.89. The molecule has 4 nitrogen and oxygen atoms in total. The molecule has 0 spiro atoms. The predicted octanol–water partition coefficient (Wildman–Crippen LogP) is 1.60. The first-order chi connectivity index (χ1) is 6.53. The number of hydrogen-bond donors (Lipinski definition) is 2. The van der Waals surface area contributed by atoms with Crippen molar-refractivity contribution in [2.75, 3.05) is 0 Å². The third-order valence-electron chi connectivity index (χ3n) is 2.73. The monoisotopic (exact) mass is 196 g/mol. The van der Waals surface area contributed by atoms with Gasteiger partial charge in [-0.25, -0.2) is 4.79 Å². The van der Waals surface area contributed by atoms with Gasteiger partial charge in [0.05, 0.1) is 6.26 Å². The summed E-state index contributed by atoms with van der Waals surface area (Å²) >= 11 is 0. The van der Waals surface area contributed by atoms with Crippen LogP contribution in [0.4, 0.5) is 0 Å². The number of carbonyl (C=O) groups is 1. The molecule has 0 saturated heterocycles. The van der Waals surface area contributed by atoms with Gasteiger partial charge >= 0.3 is 5.97 Å². The number of aromatic carboxylic acids is 1. The molecule has 0 bridgehead atoms. The number of carboxylic acids is 1. The van der Waals surface area contributed by atoms with Crippen molar-refractivity contribution < 1.29 is 19.4 Å². The SMILES string of the molecule is CC(O)(c1occc1C(=O)O)C1CC1. The first-order valence-electron chi connectivity index (χ1n) is 4.57. The lowest BCUT2D eigenvalue weighted by Gasteiger charge is -2.20. The second kappa shape index (κ2) is 2.85. The first-order valence-corrected chi connectivity index (χ1v) is 4.57. The maximum Gasteiger partial charge on any atom is 0.339 e. The molecule has 1 atom stereocenters. The molecule has 0 amide bonds. The Morgan fingerprint density at radius 2 is 2.29 bits per heavy atom. The lowest BCUT2D eigenvalue weighted by molar-refractivity contribution is 0.00923. The van der Waals surface area contributed by atoms with Crippen LogP contribution in [-0.2, 0) is 5.60 Å². The zero-order valence-electron chi connectivity index (χ0n) is 7.86. The second-order valence-electron chi connectivity index (χ2n) is 3.89. The van der Waals surface area contributed by atoms with Crippen LogP contribution in [0.5, 0.6) is 0 Å². The van der Waals surface area contributed by atoms with E-state index in [1.165, 1.54) is 12.3 Å². The van der Waals surface area contributed by atoms with E-state index < -0.39 is 11.6 Å². The summed E-state index contributed by atoms with van der Waals surface area (Å²) in [5.74, 6) is -0.756. The van der Waals surface area contributed by atoms with Gasteiger partial charge in [0.1, 0.15) is 16.9 Å². The van der Waals surface area contributed by atoms with Crippen molar-refractivity contribution in [2.24, 2.45) is 5.92 Å². The van der Waals surface area contributed by atoms with Crippen LogP contribution in [0.15, 0.2) is 16.7 Å². The van der Waals surface area contributed by atoms with Gasteiger partial charge in [0, 0.05) is 0 Å². The highest BCUT2D eigenvalue weighted by Crippen LogP contribution is 2.46. The summed E-state index contributed by atoms with van der Waals surface area (Å²) < 4.78 is 5.06. The van der Waals surface area contributed by atoms with Crippen LogP contribution in [0.25, 0.3) is 0 Å². The zero-order valence-corrected chi connectivity index (χ0v) is 7.86. The van der Waals surface area contributed by atoms with Gasteiger partial charge in [0.2, 0.25) is 0 Å². The Labute approximate surface area is 81.2 Å². The van der Waals surface area contributed by atoms with Crippen molar-refractivity contribution in [1.82, 2.24) is 0 Å². The Hall–Kier alpha value is -1.29. The highest BCUT2D eigenvalue weighted by molar-refractivity contribution is 5.89. The molecule has 0 aliphatic heterocycles. The third-order valence-corrected chi connectivity index (χ3v) is 2.73. The lowest BCUT2D eigenvalue weighted by Crippen LogP contribution is -2.25. The molecule has 76 valence electrons. The minimum atomic E-state index is -1.14. The predicted molar refractivity (Wildman–Crippen MR) is 48.0 cm³/mol. The van der Waals surface area contributed by atoms with E-state index in [1.54, 1.807) is 6.92 Å². The molecule has 1 saturated carbocycles. The number of carboxylic acid groups (broad SMARTS) is 1. The van der Waals surface area contributed by atoms with Gasteiger partial charge < -0.3 is 14.6 Å². The van der Waals surface area contributed by atoms with Crippen LogP contribution >= 0.6 is 0 Å². The normalized spacial score (nSPS) is 20.4. The molecule has 1 aliphatic carbocycles. The smallest absolute Gasteiger partial charge is 0.339 e. The van der Waals surface area contributed by atoms with E-state index >= 15 is 0 Å². The molecule has 1 aromatic rings. The van der Waals surface area contributed by atoms with E-state index in [0.717, 1.165) is 12.8 Å². The van der Waals surface area contributed by atoms with Gasteiger partial charge in [0.25, 0.3) is 0 Å². The van der Waals surface area contributed by atoms with Crippen LogP contribution in [-0.4, -0.2) is 16.2 Å². The molecule has 1 aromatic heterocycles. The summed E-state index contributed by atoms with van der Waals surface area (Å²) in [7, 11) is 0. The quantitative estimate of drug-likeness (QED) is 0.770. The number of aliphatic hydroxyl groups is 1. The van der Waals surface area contributed by atoms with Gasteiger partial charge in [-0.3, -0.25) is 0 Å². The van der Waals surface area contributed by atoms with Crippen LogP contribution in [0.3, 0.4) is 0 Å². The van der Waals surface area contributed by atoms with Crippen molar-refractivity contribution >= 4 is 5.97 Å². The summed E-state index contributed by atoms with van der Waals surface area (Å²) in [6.45, 7) is 1.61. The molecular weight excluding hydrogens is 184 g/mol. The number of hydrogen-bond acceptors (Lipinski definition) is 3. The van der Waals surface area contributed by atoms with E-state index in [1.807, 2.05) is 0 Å². The van der Waals surface area contributed by atoms with Crippen molar-refractivity contribution in [3.8, 4) is 0 Å². The molecule has 0 aromatic carbocycles. The maximum absolute atomic E-state index is 10.8. The Morgan fingerprint density at radius 1 is 1.64 bits per heavy atom. The van der Waals surface area contributed by atoms with Crippen LogP contribution in [0.2, 0.25) is 0 Å². The Morgan fingerprint density at radius 3 is 2.79 bits per heavy atom. The average molecular weight is 196 g/mol. The number of furan rings is 1. The van der Waals surface area contributed by atoms with Crippen LogP contribution < -0.4 is 0 Å². The van der Waals surface area contributed by atoms with Gasteiger partial charge in [-0.05, 0) is 31.7 Å². The summed E-state index contributed by atoms with van der Waals surface area (Å²) in [6.07, 6.45) is 3.15. The van der Waals surface area contributed by atoms with E-state index in [2.05, 4.69) is 0 Å². The molecule has 14 heavy (non-hydrogen) atoms. The molecule has 2 N–H and O–H groups in total. The zero-order chi connectivity index (χ0) is 10.3. The number of rotatable bonds is 3. The molecule has 1 aliphatic rings. The molecule has 2 rings (SSSR count). The van der Waals surface area contributed by atoms with Gasteiger partial charge in [-0.2, -0.15) is 0 Å². The van der Waals surface area contributed by atoms with Crippen LogP contribution in [0, 0.1) is 5.92 Å². The Bertz CT molecular complexity index is 360. The summed E-state index contributed by atoms with van der Waals surface area (Å²) in [5.41, 5.74) is -1.08. The van der Waals surface area contributed by atoms with Gasteiger partial charge in [-0.1, -0.05) is 0 Å². The van der Waals surface area contributed by atoms with E-state index in [-0.39, 0.29) is 17.2 Å². The highest BCUT2D eigenvalue weighted by Gasteiger charge is 2.45. The molecule has 1 unspecified atom stereocenters. The van der Waals surface area contributed by atoms with Crippen molar-refractivity contribution in [3.63, 3.8) is 0 Å². The van der Waals surface area contributed by atoms with Crippen molar-refractivity contribution in [1.29, 1.82) is 0 Å². The first kappa shape index (κ1) is 9.27. The van der Waals surface area contributed by atoms with Crippen molar-refractivity contribution in [2.45, 2.75) is 25.4 Å². The third kappa shape index (κ3) is 1.32. The average Bonchev–Trinajstić information content (AvgIpc) is 2.82. The van der Waals surface area contributed by atoms with E-state index in [9.17, 15) is 9.90 Å². The standard InChI is InChI=1S/C10H12O4/c1-10(13,6-2-3-6)8-7(9(11)12)4-5-14-8/h4-6,13H,2-3H2,1H3,(H,11,12). The van der Waals surface area contributed by atoms with Gasteiger partial charge in [0.15, 0.2) is 0 Å². The summed E-state index contributed by atoms with van der Waals surface area (Å²) in [6, 6.07) is 1.37. The molecular formula is C10H12O4. The minimum absolute atomic E-state index is 0.0573. The summed E-state index contributed by atoms with van der Waals surface area (Å²) in [5, 5.41) is 18.9. The summed E-state index contributed by atoms with van der Waals surface area (Å²) in [4.78, 5) is 10.8. The largest absolute Gasteiger partial charge is 0.478 e. The van der Waals surface area contributed by atoms with E-state index in [0.29, 0.717) is 0 Å². The fourth-order valence-corrected chi connectivity index (χ4v) is 1.70. The maximum atomic E-state index is 10.8.